The second-order valence-electron chi connectivity index (χ2n) is 4.33. The fourth-order valence-corrected chi connectivity index (χ4v) is 1.91. The monoisotopic (exact) mass is 238 g/mol. The van der Waals surface area contributed by atoms with E-state index >= 15 is 0 Å². The van der Waals surface area contributed by atoms with Crippen molar-refractivity contribution in [2.24, 2.45) is 0 Å². The molecule has 4 heteroatoms. The predicted molar refractivity (Wildman–Crippen MR) is 66.4 cm³/mol. The zero-order valence-corrected chi connectivity index (χ0v) is 10.1. The predicted octanol–water partition coefficient (Wildman–Crippen LogP) is 1.25. The van der Waals surface area contributed by atoms with E-state index in [1.807, 2.05) is 0 Å². The molecule has 0 aliphatic heterocycles. The molecule has 1 N–H and O–H groups in total. The molecule has 1 aromatic rings. The van der Waals surface area contributed by atoms with Crippen LogP contribution in [0.3, 0.4) is 0 Å². The molecule has 0 spiro atoms. The van der Waals surface area contributed by atoms with Gasteiger partial charge in [-0.1, -0.05) is 39.0 Å². The number of hydrogen-bond acceptors (Lipinski definition) is 4. The van der Waals surface area contributed by atoms with Crippen molar-refractivity contribution < 1.29 is 5.11 Å². The van der Waals surface area contributed by atoms with Crippen molar-refractivity contribution in [3.63, 3.8) is 0 Å². The lowest BCUT2D eigenvalue weighted by Crippen LogP contribution is -2.30. The molecular formula is C13H18O4. The van der Waals surface area contributed by atoms with Crippen LogP contribution < -0.4 is 16.3 Å². The van der Waals surface area contributed by atoms with Crippen molar-refractivity contribution in [3.05, 3.63) is 36.2 Å². The van der Waals surface area contributed by atoms with Gasteiger partial charge in [0, 0.05) is 5.56 Å². The number of rotatable bonds is 7. The Hall–Kier alpha value is -1.45. The normalized spacial score (nSPS) is 10.9. The Morgan fingerprint density at radius 3 is 1.94 bits per heavy atom. The molecule has 0 aliphatic rings. The first-order valence-corrected chi connectivity index (χ1v) is 6.15. The van der Waals surface area contributed by atoms with Crippen molar-refractivity contribution in [1.29, 1.82) is 0 Å². The lowest BCUT2D eigenvalue weighted by molar-refractivity contribution is 0.463. The van der Waals surface area contributed by atoms with E-state index in [0.29, 0.717) is 6.42 Å². The first-order chi connectivity index (χ1) is 8.09. The number of unbranched alkanes of at least 4 members (excludes halogenated alkanes) is 5. The van der Waals surface area contributed by atoms with Gasteiger partial charge >= 0.3 is 0 Å². The van der Waals surface area contributed by atoms with Gasteiger partial charge in [-0.2, -0.15) is 0 Å². The molecule has 4 nitrogen and oxygen atoms in total. The molecule has 0 bridgehead atoms. The summed E-state index contributed by atoms with van der Waals surface area (Å²) in [4.78, 5) is 33.3. The third-order valence-corrected chi connectivity index (χ3v) is 2.97. The molecule has 1 aromatic carbocycles. The highest BCUT2D eigenvalue weighted by Crippen LogP contribution is 2.11. The number of aromatic hydroxyl groups is 1. The van der Waals surface area contributed by atoms with Crippen molar-refractivity contribution in [2.45, 2.75) is 51.9 Å². The minimum absolute atomic E-state index is 0.00971. The van der Waals surface area contributed by atoms with Crippen LogP contribution in [0.4, 0.5) is 0 Å². The summed E-state index contributed by atoms with van der Waals surface area (Å²) in [5.41, 5.74) is -2.95. The largest absolute Gasteiger partial charge is 0.504 e. The van der Waals surface area contributed by atoms with Crippen LogP contribution in [0.5, 0.6) is 5.75 Å². The van der Waals surface area contributed by atoms with E-state index in [-0.39, 0.29) is 5.56 Å². The summed E-state index contributed by atoms with van der Waals surface area (Å²) in [5.74, 6) is -0.631. The maximum atomic E-state index is 11.3. The van der Waals surface area contributed by atoms with E-state index < -0.39 is 22.0 Å². The highest BCUT2D eigenvalue weighted by atomic mass is 16.3. The topological polar surface area (TPSA) is 71.4 Å². The van der Waals surface area contributed by atoms with Gasteiger partial charge in [-0.3, -0.25) is 14.4 Å². The fraction of sp³-hybridized carbons (Fsp3) is 0.615. The van der Waals surface area contributed by atoms with Gasteiger partial charge in [0.1, 0.15) is 0 Å². The molecular weight excluding hydrogens is 220 g/mol. The van der Waals surface area contributed by atoms with E-state index in [2.05, 4.69) is 6.92 Å². The second kappa shape index (κ2) is 6.33. The SMILES string of the molecule is CCCCCCCCc1c(O)c(=O)c(=O)c1=O. The summed E-state index contributed by atoms with van der Waals surface area (Å²) in [7, 11) is 0. The Bertz CT molecular complexity index is 495. The molecule has 0 saturated carbocycles. The lowest BCUT2D eigenvalue weighted by Gasteiger charge is -1.99. The molecule has 94 valence electrons. The van der Waals surface area contributed by atoms with E-state index in [1.54, 1.807) is 0 Å². The standard InChI is InChI=1S/C13H18O4/c1-2-3-4-5-6-7-8-9-10(14)12(16)13(17)11(9)15/h14H,2-8H2,1H3. The third kappa shape index (κ3) is 3.25. The molecule has 0 amide bonds. The van der Waals surface area contributed by atoms with Gasteiger partial charge in [0.2, 0.25) is 5.43 Å². The van der Waals surface area contributed by atoms with E-state index in [0.717, 1.165) is 25.7 Å². The zero-order valence-electron chi connectivity index (χ0n) is 10.1. The molecule has 0 atom stereocenters. The summed E-state index contributed by atoms with van der Waals surface area (Å²) < 4.78 is 0. The first kappa shape index (κ1) is 13.6. The summed E-state index contributed by atoms with van der Waals surface area (Å²) in [6.45, 7) is 2.14. The van der Waals surface area contributed by atoms with E-state index in [4.69, 9.17) is 0 Å². The van der Waals surface area contributed by atoms with E-state index in [1.165, 1.54) is 12.8 Å². The van der Waals surface area contributed by atoms with Crippen LogP contribution >= 0.6 is 0 Å². The van der Waals surface area contributed by atoms with Gasteiger partial charge in [0.15, 0.2) is 5.75 Å². The molecule has 0 fully saturated rings. The van der Waals surface area contributed by atoms with Gasteiger partial charge in [0.25, 0.3) is 10.9 Å². The summed E-state index contributed by atoms with van der Waals surface area (Å²) in [6, 6.07) is 0. The van der Waals surface area contributed by atoms with Crippen LogP contribution in [0.1, 0.15) is 51.0 Å². The first-order valence-electron chi connectivity index (χ1n) is 6.15. The molecule has 0 radical (unpaired) electrons. The van der Waals surface area contributed by atoms with Gasteiger partial charge in [-0.05, 0) is 12.8 Å². The number of hydrogen-bond donors (Lipinski definition) is 1. The Kier molecular flexibility index (Phi) is 5.07. The van der Waals surface area contributed by atoms with Gasteiger partial charge in [-0.15, -0.1) is 0 Å². The molecule has 1 rings (SSSR count). The van der Waals surface area contributed by atoms with Crippen LogP contribution in [0.25, 0.3) is 0 Å². The van der Waals surface area contributed by atoms with Crippen LogP contribution in [-0.2, 0) is 6.42 Å². The van der Waals surface area contributed by atoms with E-state index in [9.17, 15) is 19.5 Å². The van der Waals surface area contributed by atoms with Crippen molar-refractivity contribution in [1.82, 2.24) is 0 Å². The molecule has 0 saturated heterocycles. The Morgan fingerprint density at radius 2 is 1.41 bits per heavy atom. The maximum Gasteiger partial charge on any atom is 0.277 e. The van der Waals surface area contributed by atoms with Crippen LogP contribution in [-0.4, -0.2) is 5.11 Å². The lowest BCUT2D eigenvalue weighted by atomic mass is 10.1. The van der Waals surface area contributed by atoms with Crippen molar-refractivity contribution in [2.75, 3.05) is 0 Å². The van der Waals surface area contributed by atoms with Gasteiger partial charge in [0.05, 0.1) is 0 Å². The van der Waals surface area contributed by atoms with Crippen LogP contribution in [0, 0.1) is 0 Å². The maximum absolute atomic E-state index is 11.3. The minimum Gasteiger partial charge on any atom is -0.504 e. The zero-order chi connectivity index (χ0) is 12.8. The quantitative estimate of drug-likeness (QED) is 0.573. The van der Waals surface area contributed by atoms with Crippen molar-refractivity contribution >= 4 is 0 Å². The summed E-state index contributed by atoms with van der Waals surface area (Å²) in [5, 5.41) is 9.33. The average Bonchev–Trinajstić information content (AvgIpc) is 2.50. The molecule has 0 aromatic heterocycles. The Balaban J connectivity index is 2.48. The highest BCUT2D eigenvalue weighted by Gasteiger charge is 2.17. The average molecular weight is 238 g/mol. The highest BCUT2D eigenvalue weighted by molar-refractivity contribution is 5.34. The van der Waals surface area contributed by atoms with Crippen LogP contribution in [0.15, 0.2) is 14.4 Å². The summed E-state index contributed by atoms with van der Waals surface area (Å²) >= 11 is 0. The van der Waals surface area contributed by atoms with Crippen LogP contribution in [0.2, 0.25) is 0 Å². The molecule has 0 heterocycles. The van der Waals surface area contributed by atoms with Gasteiger partial charge in [-0.25, -0.2) is 0 Å². The molecule has 0 aliphatic carbocycles. The van der Waals surface area contributed by atoms with Gasteiger partial charge < -0.3 is 5.11 Å². The summed E-state index contributed by atoms with van der Waals surface area (Å²) in [6.07, 6.45) is 6.62. The minimum atomic E-state index is -1.09. The Labute approximate surface area is 99.6 Å². The second-order valence-corrected chi connectivity index (χ2v) is 4.33. The van der Waals surface area contributed by atoms with Crippen molar-refractivity contribution in [3.8, 4) is 5.75 Å². The molecule has 0 unspecified atom stereocenters. The fourth-order valence-electron chi connectivity index (χ4n) is 1.91. The smallest absolute Gasteiger partial charge is 0.277 e. The molecule has 17 heavy (non-hydrogen) atoms. The third-order valence-electron chi connectivity index (χ3n) is 2.97. The Morgan fingerprint density at radius 1 is 0.824 bits per heavy atom.